The summed E-state index contributed by atoms with van der Waals surface area (Å²) in [7, 11) is 1.76. The maximum atomic E-state index is 12.3. The van der Waals surface area contributed by atoms with Gasteiger partial charge in [-0.15, -0.1) is 0 Å². The molecule has 96 valence electrons. The number of likely N-dealkylation sites (N-methyl/N-ethyl adjacent to an activating group) is 1. The van der Waals surface area contributed by atoms with Gasteiger partial charge in [0.2, 0.25) is 5.91 Å². The first-order chi connectivity index (χ1) is 8.58. The maximum Gasteiger partial charge on any atom is 0.254 e. The van der Waals surface area contributed by atoms with Gasteiger partial charge in [0.15, 0.2) is 0 Å². The summed E-state index contributed by atoms with van der Waals surface area (Å²) in [6.07, 6.45) is 0.802. The largest absolute Gasteiger partial charge is 0.399 e. The zero-order valence-electron chi connectivity index (χ0n) is 10.4. The molecule has 2 amide bonds. The lowest BCUT2D eigenvalue weighted by molar-refractivity contribution is -0.129. The molecule has 5 nitrogen and oxygen atoms in total. The van der Waals surface area contributed by atoms with E-state index in [2.05, 4.69) is 0 Å². The van der Waals surface area contributed by atoms with Crippen LogP contribution in [-0.2, 0) is 4.79 Å². The Balaban J connectivity index is 2.16. The molecule has 0 spiro atoms. The predicted molar refractivity (Wildman–Crippen MR) is 69.0 cm³/mol. The third-order valence-corrected chi connectivity index (χ3v) is 3.09. The molecule has 18 heavy (non-hydrogen) atoms. The average molecular weight is 247 g/mol. The number of amides is 2. The lowest BCUT2D eigenvalue weighted by atomic mass is 10.1. The second-order valence-corrected chi connectivity index (χ2v) is 4.52. The molecule has 0 aromatic heterocycles. The lowest BCUT2D eigenvalue weighted by Crippen LogP contribution is -2.38. The number of nitrogens with zero attached hydrogens (tertiary/aromatic N) is 2. The number of benzene rings is 1. The molecule has 1 aliphatic heterocycles. The lowest BCUT2D eigenvalue weighted by Gasteiger charge is -2.19. The highest BCUT2D eigenvalue weighted by molar-refractivity contribution is 5.97. The van der Waals surface area contributed by atoms with Crippen molar-refractivity contribution in [1.29, 1.82) is 0 Å². The van der Waals surface area contributed by atoms with Gasteiger partial charge in [-0.1, -0.05) is 6.07 Å². The Morgan fingerprint density at radius 2 is 2.11 bits per heavy atom. The summed E-state index contributed by atoms with van der Waals surface area (Å²) in [5.74, 6) is -0.157. The van der Waals surface area contributed by atoms with Crippen LogP contribution in [0.5, 0.6) is 0 Å². The average Bonchev–Trinajstić information content (AvgIpc) is 2.51. The van der Waals surface area contributed by atoms with E-state index in [1.807, 2.05) is 0 Å². The Morgan fingerprint density at radius 1 is 1.33 bits per heavy atom. The smallest absolute Gasteiger partial charge is 0.254 e. The first-order valence-electron chi connectivity index (χ1n) is 5.96. The number of hydrogen-bond acceptors (Lipinski definition) is 3. The highest BCUT2D eigenvalue weighted by atomic mass is 16.2. The van der Waals surface area contributed by atoms with E-state index in [9.17, 15) is 9.59 Å². The number of hydrogen-bond donors (Lipinski definition) is 1. The van der Waals surface area contributed by atoms with Gasteiger partial charge in [0.25, 0.3) is 5.91 Å². The summed E-state index contributed by atoms with van der Waals surface area (Å²) in [6.45, 7) is 1.44. The molecular weight excluding hydrogens is 230 g/mol. The first-order valence-corrected chi connectivity index (χ1v) is 5.96. The molecule has 0 bridgehead atoms. The van der Waals surface area contributed by atoms with Crippen molar-refractivity contribution < 1.29 is 9.59 Å². The van der Waals surface area contributed by atoms with E-state index in [4.69, 9.17) is 5.73 Å². The molecule has 1 aliphatic rings. The molecule has 2 rings (SSSR count). The normalized spacial score (nSPS) is 16.6. The Kier molecular flexibility index (Phi) is 3.50. The maximum absolute atomic E-state index is 12.3. The highest BCUT2D eigenvalue weighted by Crippen LogP contribution is 2.12. The fourth-order valence-corrected chi connectivity index (χ4v) is 2.01. The van der Waals surface area contributed by atoms with Crippen molar-refractivity contribution in [2.45, 2.75) is 6.42 Å². The minimum absolute atomic E-state index is 0.0234. The van der Waals surface area contributed by atoms with Crippen molar-refractivity contribution in [3.63, 3.8) is 0 Å². The van der Waals surface area contributed by atoms with Crippen molar-refractivity contribution in [3.8, 4) is 0 Å². The Labute approximate surface area is 106 Å². The monoisotopic (exact) mass is 247 g/mol. The molecule has 0 aliphatic carbocycles. The fourth-order valence-electron chi connectivity index (χ4n) is 2.01. The van der Waals surface area contributed by atoms with Crippen molar-refractivity contribution in [3.05, 3.63) is 29.8 Å². The molecule has 0 radical (unpaired) electrons. The van der Waals surface area contributed by atoms with Gasteiger partial charge in [0.05, 0.1) is 0 Å². The van der Waals surface area contributed by atoms with Crippen LogP contribution in [0.15, 0.2) is 24.3 Å². The number of carbonyl (C=O) groups excluding carboxylic acids is 2. The summed E-state index contributed by atoms with van der Waals surface area (Å²) >= 11 is 0. The summed E-state index contributed by atoms with van der Waals surface area (Å²) in [4.78, 5) is 27.2. The Bertz CT molecular complexity index is 473. The molecule has 1 fully saturated rings. The first kappa shape index (κ1) is 12.4. The van der Waals surface area contributed by atoms with Gasteiger partial charge < -0.3 is 15.5 Å². The molecule has 1 aromatic rings. The van der Waals surface area contributed by atoms with Gasteiger partial charge in [0.1, 0.15) is 6.54 Å². The quantitative estimate of drug-likeness (QED) is 0.738. The van der Waals surface area contributed by atoms with Crippen LogP contribution in [-0.4, -0.2) is 48.3 Å². The zero-order chi connectivity index (χ0) is 13.1. The van der Waals surface area contributed by atoms with Gasteiger partial charge in [-0.05, 0) is 24.6 Å². The van der Waals surface area contributed by atoms with Gasteiger partial charge in [0, 0.05) is 31.4 Å². The number of carbonyl (C=O) groups is 2. The molecule has 1 aromatic carbocycles. The summed E-state index contributed by atoms with van der Waals surface area (Å²) in [6, 6.07) is 6.84. The summed E-state index contributed by atoms with van der Waals surface area (Å²) in [5.41, 5.74) is 6.75. The Hall–Kier alpha value is -2.04. The molecule has 0 unspecified atom stereocenters. The SMILES string of the molecule is CN1CCCN(C(=O)c2cccc(N)c2)CC1=O. The summed E-state index contributed by atoms with van der Waals surface area (Å²) in [5, 5.41) is 0. The molecule has 5 heteroatoms. The van der Waals surface area contributed by atoms with Crippen LogP contribution < -0.4 is 5.73 Å². The zero-order valence-corrected chi connectivity index (χ0v) is 10.4. The van der Waals surface area contributed by atoms with E-state index in [1.165, 1.54) is 0 Å². The Morgan fingerprint density at radius 3 is 2.83 bits per heavy atom. The van der Waals surface area contributed by atoms with Crippen LogP contribution in [0, 0.1) is 0 Å². The predicted octanol–water partition coefficient (Wildman–Crippen LogP) is 0.573. The third-order valence-electron chi connectivity index (χ3n) is 3.09. The van der Waals surface area contributed by atoms with Gasteiger partial charge >= 0.3 is 0 Å². The van der Waals surface area contributed by atoms with Crippen LogP contribution in [0.3, 0.4) is 0 Å². The van der Waals surface area contributed by atoms with E-state index in [0.717, 1.165) is 6.42 Å². The standard InChI is InChI=1S/C13H17N3O2/c1-15-6-3-7-16(9-12(15)17)13(18)10-4-2-5-11(14)8-10/h2,4-5,8H,3,6-7,9,14H2,1H3. The minimum Gasteiger partial charge on any atom is -0.399 e. The van der Waals surface area contributed by atoms with Crippen LogP contribution in [0.2, 0.25) is 0 Å². The van der Waals surface area contributed by atoms with Crippen LogP contribution >= 0.6 is 0 Å². The van der Waals surface area contributed by atoms with Gasteiger partial charge in [-0.25, -0.2) is 0 Å². The molecule has 0 atom stereocenters. The van der Waals surface area contributed by atoms with Gasteiger partial charge in [-0.2, -0.15) is 0 Å². The number of nitrogens with two attached hydrogens (primary N) is 1. The van der Waals surface area contributed by atoms with E-state index in [1.54, 1.807) is 41.1 Å². The topological polar surface area (TPSA) is 66.6 Å². The van der Waals surface area contributed by atoms with E-state index in [-0.39, 0.29) is 18.4 Å². The van der Waals surface area contributed by atoms with E-state index in [0.29, 0.717) is 24.3 Å². The van der Waals surface area contributed by atoms with Crippen LogP contribution in [0.25, 0.3) is 0 Å². The highest BCUT2D eigenvalue weighted by Gasteiger charge is 2.23. The molecule has 2 N–H and O–H groups in total. The van der Waals surface area contributed by atoms with E-state index < -0.39 is 0 Å². The second kappa shape index (κ2) is 5.08. The molecule has 1 saturated heterocycles. The van der Waals surface area contributed by atoms with Crippen LogP contribution in [0.1, 0.15) is 16.8 Å². The molecule has 0 saturated carbocycles. The number of nitrogen functional groups attached to an aromatic ring is 1. The van der Waals surface area contributed by atoms with Crippen molar-refractivity contribution in [2.24, 2.45) is 0 Å². The second-order valence-electron chi connectivity index (χ2n) is 4.52. The molecule has 1 heterocycles. The van der Waals surface area contributed by atoms with Crippen molar-refractivity contribution in [1.82, 2.24) is 9.80 Å². The van der Waals surface area contributed by atoms with Crippen LogP contribution in [0.4, 0.5) is 5.69 Å². The summed E-state index contributed by atoms with van der Waals surface area (Å²) < 4.78 is 0. The number of anilines is 1. The van der Waals surface area contributed by atoms with Gasteiger partial charge in [-0.3, -0.25) is 9.59 Å². The molecular formula is C13H17N3O2. The third kappa shape index (κ3) is 2.61. The van der Waals surface area contributed by atoms with Crippen molar-refractivity contribution in [2.75, 3.05) is 32.4 Å². The van der Waals surface area contributed by atoms with E-state index >= 15 is 0 Å². The van der Waals surface area contributed by atoms with Crippen molar-refractivity contribution >= 4 is 17.5 Å². The fraction of sp³-hybridized carbons (Fsp3) is 0.385. The minimum atomic E-state index is -0.133. The number of rotatable bonds is 1.